The number of aryl methyl sites for hydroxylation is 1. The molecule has 1 atom stereocenters. The first-order valence-corrected chi connectivity index (χ1v) is 9.15. The molecule has 0 spiro atoms. The minimum atomic E-state index is -4.61. The fraction of sp³-hybridized carbons (Fsp3) is 0.526. The van der Waals surface area contributed by atoms with Crippen molar-refractivity contribution in [3.05, 3.63) is 41.5 Å². The molecule has 1 amide bonds. The normalized spacial score (nSPS) is 12.8. The highest BCUT2D eigenvalue weighted by molar-refractivity contribution is 5.82. The number of rotatable bonds is 10. The number of amides is 1. The average Bonchev–Trinajstić information content (AvgIpc) is 3.10. The van der Waals surface area contributed by atoms with Gasteiger partial charge in [0.15, 0.2) is 5.82 Å². The standard InChI is InChI=1S/C19H25F3N4O2/c1-26(2)14-11-9-13(10-12-14)15(17(23)27)7-5-3-4-6-8-16-24-18(28-25-16)19(20,21)22/h9-12,15H,3-8H2,1-2H3,(H2,23,27). The molecular formula is C19H25F3N4O2. The van der Waals surface area contributed by atoms with Gasteiger partial charge in [-0.1, -0.05) is 36.6 Å². The molecule has 0 aliphatic rings. The number of carbonyl (C=O) groups excluding carboxylic acids is 1. The quantitative estimate of drug-likeness (QED) is 0.613. The van der Waals surface area contributed by atoms with Gasteiger partial charge in [-0.25, -0.2) is 0 Å². The van der Waals surface area contributed by atoms with Gasteiger partial charge in [0.1, 0.15) is 0 Å². The Balaban J connectivity index is 1.74. The Bertz CT molecular complexity index is 757. The molecule has 154 valence electrons. The van der Waals surface area contributed by atoms with Gasteiger partial charge in [0, 0.05) is 26.2 Å². The summed E-state index contributed by atoms with van der Waals surface area (Å²) in [5.41, 5.74) is 7.49. The minimum Gasteiger partial charge on any atom is -0.378 e. The van der Waals surface area contributed by atoms with E-state index in [9.17, 15) is 18.0 Å². The maximum absolute atomic E-state index is 12.4. The second-order valence-corrected chi connectivity index (χ2v) is 6.91. The van der Waals surface area contributed by atoms with Crippen molar-refractivity contribution < 1.29 is 22.5 Å². The Kier molecular flexibility index (Phi) is 7.42. The van der Waals surface area contributed by atoms with Crippen LogP contribution in [-0.2, 0) is 17.4 Å². The first-order chi connectivity index (χ1) is 13.2. The highest BCUT2D eigenvalue weighted by Gasteiger charge is 2.38. The van der Waals surface area contributed by atoms with E-state index in [0.29, 0.717) is 19.3 Å². The van der Waals surface area contributed by atoms with Crippen molar-refractivity contribution in [2.45, 2.75) is 50.6 Å². The van der Waals surface area contributed by atoms with Crippen LogP contribution < -0.4 is 10.6 Å². The van der Waals surface area contributed by atoms with E-state index in [1.165, 1.54) is 0 Å². The molecule has 0 fully saturated rings. The van der Waals surface area contributed by atoms with Crippen LogP contribution in [0.15, 0.2) is 28.8 Å². The number of aromatic nitrogens is 2. The molecule has 2 aromatic rings. The molecule has 0 aliphatic heterocycles. The van der Waals surface area contributed by atoms with Crippen LogP contribution in [0.5, 0.6) is 0 Å². The van der Waals surface area contributed by atoms with Crippen LogP contribution in [0.25, 0.3) is 0 Å². The van der Waals surface area contributed by atoms with Crippen LogP contribution >= 0.6 is 0 Å². The van der Waals surface area contributed by atoms with Crippen LogP contribution in [0.1, 0.15) is 55.3 Å². The van der Waals surface area contributed by atoms with Crippen LogP contribution in [0.2, 0.25) is 0 Å². The topological polar surface area (TPSA) is 85.2 Å². The first-order valence-electron chi connectivity index (χ1n) is 9.15. The Morgan fingerprint density at radius 3 is 2.32 bits per heavy atom. The molecule has 0 bridgehead atoms. The Morgan fingerprint density at radius 1 is 1.14 bits per heavy atom. The zero-order valence-corrected chi connectivity index (χ0v) is 16.0. The molecule has 9 heteroatoms. The van der Waals surface area contributed by atoms with Crippen molar-refractivity contribution in [1.29, 1.82) is 0 Å². The lowest BCUT2D eigenvalue weighted by molar-refractivity contribution is -0.159. The van der Waals surface area contributed by atoms with E-state index in [4.69, 9.17) is 5.73 Å². The number of unbranched alkanes of at least 4 members (excludes halogenated alkanes) is 3. The van der Waals surface area contributed by atoms with Crippen molar-refractivity contribution >= 4 is 11.6 Å². The second-order valence-electron chi connectivity index (χ2n) is 6.91. The Hall–Kier alpha value is -2.58. The third-order valence-electron chi connectivity index (χ3n) is 4.51. The SMILES string of the molecule is CN(C)c1ccc(C(CCCCCCc2noc(C(F)(F)F)n2)C(N)=O)cc1. The summed E-state index contributed by atoms with van der Waals surface area (Å²) in [6.45, 7) is 0. The number of halogens is 3. The smallest absolute Gasteiger partial charge is 0.378 e. The monoisotopic (exact) mass is 398 g/mol. The van der Waals surface area contributed by atoms with E-state index in [-0.39, 0.29) is 17.6 Å². The van der Waals surface area contributed by atoms with Crippen LogP contribution in [0.4, 0.5) is 18.9 Å². The second kappa shape index (κ2) is 9.57. The van der Waals surface area contributed by atoms with Crippen molar-refractivity contribution in [3.8, 4) is 0 Å². The van der Waals surface area contributed by atoms with Crippen molar-refractivity contribution in [3.63, 3.8) is 0 Å². The van der Waals surface area contributed by atoms with Gasteiger partial charge >= 0.3 is 12.1 Å². The molecule has 1 unspecified atom stereocenters. The van der Waals surface area contributed by atoms with E-state index in [1.807, 2.05) is 43.3 Å². The van der Waals surface area contributed by atoms with Crippen LogP contribution in [0.3, 0.4) is 0 Å². The first kappa shape index (κ1) is 21.7. The molecule has 1 heterocycles. The third kappa shape index (κ3) is 6.24. The number of hydrogen-bond donors (Lipinski definition) is 1. The number of nitrogens with two attached hydrogens (primary N) is 1. The molecule has 1 aromatic heterocycles. The zero-order chi connectivity index (χ0) is 20.7. The summed E-state index contributed by atoms with van der Waals surface area (Å²) in [4.78, 5) is 17.1. The lowest BCUT2D eigenvalue weighted by atomic mass is 9.92. The summed E-state index contributed by atoms with van der Waals surface area (Å²) in [6, 6.07) is 7.73. The molecule has 0 saturated carbocycles. The van der Waals surface area contributed by atoms with Gasteiger partial charge in [0.2, 0.25) is 5.91 Å². The molecule has 1 aromatic carbocycles. The maximum Gasteiger partial charge on any atom is 0.471 e. The summed E-state index contributed by atoms with van der Waals surface area (Å²) in [7, 11) is 3.89. The summed E-state index contributed by atoms with van der Waals surface area (Å²) < 4.78 is 41.4. The van der Waals surface area contributed by atoms with Gasteiger partial charge in [-0.2, -0.15) is 18.2 Å². The van der Waals surface area contributed by atoms with E-state index in [2.05, 4.69) is 14.7 Å². The van der Waals surface area contributed by atoms with Gasteiger partial charge < -0.3 is 15.2 Å². The molecule has 0 radical (unpaired) electrons. The molecule has 0 saturated heterocycles. The van der Waals surface area contributed by atoms with E-state index in [0.717, 1.165) is 30.5 Å². The number of anilines is 1. The highest BCUT2D eigenvalue weighted by Crippen LogP contribution is 2.28. The Labute approximate surface area is 161 Å². The highest BCUT2D eigenvalue weighted by atomic mass is 19.4. The van der Waals surface area contributed by atoms with Gasteiger partial charge in [-0.15, -0.1) is 0 Å². The molecular weight excluding hydrogens is 373 g/mol. The number of benzene rings is 1. The fourth-order valence-electron chi connectivity index (χ4n) is 2.93. The largest absolute Gasteiger partial charge is 0.471 e. The number of hydrogen-bond acceptors (Lipinski definition) is 5. The number of alkyl halides is 3. The van der Waals surface area contributed by atoms with Gasteiger partial charge in [0.05, 0.1) is 5.92 Å². The fourth-order valence-corrected chi connectivity index (χ4v) is 2.93. The molecule has 2 N–H and O–H groups in total. The predicted molar refractivity (Wildman–Crippen MR) is 98.8 cm³/mol. The van der Waals surface area contributed by atoms with E-state index >= 15 is 0 Å². The lowest BCUT2D eigenvalue weighted by Crippen LogP contribution is -2.21. The molecule has 28 heavy (non-hydrogen) atoms. The minimum absolute atomic E-state index is 0.0586. The third-order valence-corrected chi connectivity index (χ3v) is 4.51. The summed E-state index contributed by atoms with van der Waals surface area (Å²) in [6.07, 6.45) is -0.579. The van der Waals surface area contributed by atoms with Gasteiger partial charge in [0.25, 0.3) is 0 Å². The molecule has 6 nitrogen and oxygen atoms in total. The van der Waals surface area contributed by atoms with Crippen molar-refractivity contribution in [1.82, 2.24) is 10.1 Å². The van der Waals surface area contributed by atoms with Crippen LogP contribution in [0, 0.1) is 0 Å². The number of primary amides is 1. The zero-order valence-electron chi connectivity index (χ0n) is 16.0. The summed E-state index contributed by atoms with van der Waals surface area (Å²) in [5, 5.41) is 3.34. The lowest BCUT2D eigenvalue weighted by Gasteiger charge is -2.16. The average molecular weight is 398 g/mol. The maximum atomic E-state index is 12.4. The van der Waals surface area contributed by atoms with Gasteiger partial charge in [-0.05, 0) is 30.5 Å². The van der Waals surface area contributed by atoms with Crippen molar-refractivity contribution in [2.75, 3.05) is 19.0 Å². The van der Waals surface area contributed by atoms with Gasteiger partial charge in [-0.3, -0.25) is 4.79 Å². The predicted octanol–water partition coefficient (Wildman–Crippen LogP) is 3.92. The van der Waals surface area contributed by atoms with Crippen LogP contribution in [-0.4, -0.2) is 30.1 Å². The van der Waals surface area contributed by atoms with E-state index in [1.54, 1.807) is 0 Å². The number of nitrogens with zero attached hydrogens (tertiary/aromatic N) is 3. The van der Waals surface area contributed by atoms with Crippen molar-refractivity contribution in [2.24, 2.45) is 5.73 Å². The Morgan fingerprint density at radius 2 is 1.79 bits per heavy atom. The molecule has 0 aliphatic carbocycles. The summed E-state index contributed by atoms with van der Waals surface area (Å²) >= 11 is 0. The summed E-state index contributed by atoms with van der Waals surface area (Å²) in [5.74, 6) is -1.96. The van der Waals surface area contributed by atoms with E-state index < -0.39 is 12.1 Å². The number of carbonyl (C=O) groups is 1. The molecule has 2 rings (SSSR count).